The van der Waals surface area contributed by atoms with Gasteiger partial charge in [-0.3, -0.25) is 0 Å². The topological polar surface area (TPSA) is 3.24 Å². The second-order valence-electron chi connectivity index (χ2n) is 14.5. The second-order valence-corrected chi connectivity index (χ2v) is 14.5. The van der Waals surface area contributed by atoms with Crippen LogP contribution in [-0.2, 0) is 12.8 Å². The zero-order chi connectivity index (χ0) is 42.4. The Morgan fingerprint density at radius 3 is 1.95 bits per heavy atom. The van der Waals surface area contributed by atoms with Crippen LogP contribution in [0.4, 0.5) is 11.4 Å². The molecule has 298 valence electrons. The Morgan fingerprint density at radius 1 is 0.650 bits per heavy atom. The minimum atomic E-state index is 0.833. The summed E-state index contributed by atoms with van der Waals surface area (Å²) >= 11 is 0. The lowest BCUT2D eigenvalue weighted by molar-refractivity contribution is 1.13. The molecule has 0 heterocycles. The van der Waals surface area contributed by atoms with Crippen molar-refractivity contribution >= 4 is 56.7 Å². The molecule has 0 aliphatic carbocycles. The van der Waals surface area contributed by atoms with E-state index in [0.29, 0.717) is 0 Å². The van der Waals surface area contributed by atoms with Crippen molar-refractivity contribution in [1.82, 2.24) is 0 Å². The van der Waals surface area contributed by atoms with E-state index in [1.807, 2.05) is 38.2 Å². The van der Waals surface area contributed by atoms with Gasteiger partial charge in [0, 0.05) is 22.8 Å². The number of anilines is 2. The minimum Gasteiger partial charge on any atom is -0.316 e. The van der Waals surface area contributed by atoms with Gasteiger partial charge in [-0.25, -0.2) is 0 Å². The summed E-state index contributed by atoms with van der Waals surface area (Å²) in [5.74, 6) is 0. The predicted octanol–water partition coefficient (Wildman–Crippen LogP) is 16.9. The van der Waals surface area contributed by atoms with Crippen LogP contribution < -0.4 is 4.90 Å². The molecule has 0 fully saturated rings. The van der Waals surface area contributed by atoms with Gasteiger partial charge < -0.3 is 4.90 Å². The molecule has 0 bridgehead atoms. The fraction of sp³-hybridized carbons (Fsp3) is 0.119. The number of allylic oxidation sites excluding steroid dienone is 7. The van der Waals surface area contributed by atoms with Gasteiger partial charge in [0.15, 0.2) is 0 Å². The van der Waals surface area contributed by atoms with E-state index in [0.717, 1.165) is 46.5 Å². The molecular weight excluding hydrogens is 723 g/mol. The Kier molecular flexibility index (Phi) is 14.7. The summed E-state index contributed by atoms with van der Waals surface area (Å²) in [5.41, 5.74) is 15.5. The summed E-state index contributed by atoms with van der Waals surface area (Å²) in [5, 5.41) is 4.71. The monoisotopic (exact) mass is 779 g/mol. The number of benzene rings is 7. The van der Waals surface area contributed by atoms with Crippen LogP contribution in [0.5, 0.6) is 0 Å². The highest BCUT2D eigenvalue weighted by Crippen LogP contribution is 2.40. The molecule has 7 rings (SSSR count). The average Bonchev–Trinajstić information content (AvgIpc) is 3.29. The van der Waals surface area contributed by atoms with Crippen LogP contribution in [0.25, 0.3) is 56.5 Å². The van der Waals surface area contributed by atoms with Crippen molar-refractivity contribution in [3.05, 3.63) is 240 Å². The number of fused-ring (bicyclic) bond motifs is 2. The van der Waals surface area contributed by atoms with Crippen LogP contribution in [0.2, 0.25) is 0 Å². The van der Waals surface area contributed by atoms with Crippen molar-refractivity contribution in [2.75, 3.05) is 4.90 Å². The minimum absolute atomic E-state index is 0.833. The standard InChI is InChI=1S/C57H51N.C2H6/c1-7-12-26-49-41(6)38-46-24-15-18-29-53(46)57(49)58(37-36-45(21-8-2)56-40-44(11-5)50(22-9-3)54-30-19-20-31-55(54)56)48-34-32-42(33-35-48)39-47-25-14-17-28-52(47)51-27-16-13-23-43(51)10-4;1-2/h7-9,11-38,40H,1-2,5,10,39H2,3-4,6H3;1-2H3/b22-9-,26-12-,37-36-,45-21+;. The Morgan fingerprint density at radius 2 is 1.28 bits per heavy atom. The Balaban J connectivity index is 0.00000297. The third-order valence-corrected chi connectivity index (χ3v) is 10.9. The number of nitrogens with zero attached hydrogens (tertiary/aromatic N) is 1. The molecule has 0 N–H and O–H groups in total. The average molecular weight is 780 g/mol. The van der Waals surface area contributed by atoms with Crippen LogP contribution in [0.15, 0.2) is 196 Å². The van der Waals surface area contributed by atoms with Gasteiger partial charge in [-0.05, 0) is 123 Å². The molecule has 0 spiro atoms. The summed E-state index contributed by atoms with van der Waals surface area (Å²) < 4.78 is 0. The molecule has 60 heavy (non-hydrogen) atoms. The molecule has 1 nitrogen and oxygen atoms in total. The van der Waals surface area contributed by atoms with Gasteiger partial charge >= 0.3 is 0 Å². The van der Waals surface area contributed by atoms with Crippen molar-refractivity contribution in [2.24, 2.45) is 0 Å². The Hall–Kier alpha value is -6.96. The molecule has 0 amide bonds. The van der Waals surface area contributed by atoms with E-state index in [4.69, 9.17) is 0 Å². The molecule has 0 aromatic heterocycles. The molecule has 0 atom stereocenters. The third kappa shape index (κ3) is 9.17. The fourth-order valence-corrected chi connectivity index (χ4v) is 8.12. The van der Waals surface area contributed by atoms with Gasteiger partial charge in [-0.1, -0.05) is 204 Å². The van der Waals surface area contributed by atoms with E-state index in [-0.39, 0.29) is 0 Å². The van der Waals surface area contributed by atoms with Crippen LogP contribution >= 0.6 is 0 Å². The highest BCUT2D eigenvalue weighted by atomic mass is 15.1. The van der Waals surface area contributed by atoms with E-state index in [2.05, 4.69) is 215 Å². The maximum atomic E-state index is 4.20. The molecule has 7 aromatic carbocycles. The van der Waals surface area contributed by atoms with Crippen molar-refractivity contribution in [1.29, 1.82) is 0 Å². The summed E-state index contributed by atoms with van der Waals surface area (Å²) in [6.45, 7) is 22.8. The predicted molar refractivity (Wildman–Crippen MR) is 268 cm³/mol. The molecule has 7 aromatic rings. The van der Waals surface area contributed by atoms with E-state index >= 15 is 0 Å². The summed E-state index contributed by atoms with van der Waals surface area (Å²) in [4.78, 5) is 2.34. The molecule has 0 radical (unpaired) electrons. The van der Waals surface area contributed by atoms with Gasteiger partial charge in [0.1, 0.15) is 0 Å². The van der Waals surface area contributed by atoms with Crippen molar-refractivity contribution < 1.29 is 0 Å². The first-order valence-corrected chi connectivity index (χ1v) is 21.2. The van der Waals surface area contributed by atoms with E-state index in [1.54, 1.807) is 0 Å². The second kappa shape index (κ2) is 20.6. The first-order chi connectivity index (χ1) is 29.5. The van der Waals surface area contributed by atoms with Gasteiger partial charge in [0.2, 0.25) is 0 Å². The number of hydrogen-bond acceptors (Lipinski definition) is 1. The zero-order valence-electron chi connectivity index (χ0n) is 36.0. The van der Waals surface area contributed by atoms with Crippen molar-refractivity contribution in [3.8, 4) is 11.1 Å². The van der Waals surface area contributed by atoms with Gasteiger partial charge in [-0.2, -0.15) is 0 Å². The van der Waals surface area contributed by atoms with Gasteiger partial charge in [0.05, 0.1) is 5.69 Å². The largest absolute Gasteiger partial charge is 0.316 e. The van der Waals surface area contributed by atoms with Crippen molar-refractivity contribution in [2.45, 2.75) is 47.5 Å². The fourth-order valence-electron chi connectivity index (χ4n) is 8.12. The van der Waals surface area contributed by atoms with Crippen LogP contribution in [-0.4, -0.2) is 0 Å². The Bertz CT molecular complexity index is 2750. The summed E-state index contributed by atoms with van der Waals surface area (Å²) in [7, 11) is 0. The van der Waals surface area contributed by atoms with Crippen LogP contribution in [0.1, 0.15) is 72.2 Å². The highest BCUT2D eigenvalue weighted by molar-refractivity contribution is 6.04. The molecule has 0 aliphatic heterocycles. The lowest BCUT2D eigenvalue weighted by atomic mass is 9.90. The molecule has 1 heteroatoms. The number of aryl methyl sites for hydroxylation is 2. The molecule has 0 saturated heterocycles. The maximum Gasteiger partial charge on any atom is 0.0608 e. The van der Waals surface area contributed by atoms with Crippen LogP contribution in [0, 0.1) is 6.92 Å². The van der Waals surface area contributed by atoms with Crippen molar-refractivity contribution in [3.63, 3.8) is 0 Å². The highest BCUT2D eigenvalue weighted by Gasteiger charge is 2.18. The van der Waals surface area contributed by atoms with E-state index in [9.17, 15) is 0 Å². The van der Waals surface area contributed by atoms with E-state index in [1.165, 1.54) is 60.5 Å². The number of hydrogen-bond donors (Lipinski definition) is 0. The Labute approximate surface area is 359 Å². The molecule has 0 aliphatic rings. The smallest absolute Gasteiger partial charge is 0.0608 e. The maximum absolute atomic E-state index is 4.20. The summed E-state index contributed by atoms with van der Waals surface area (Å²) in [6.07, 6.45) is 22.5. The number of rotatable bonds is 14. The van der Waals surface area contributed by atoms with Gasteiger partial charge in [0.25, 0.3) is 0 Å². The summed E-state index contributed by atoms with van der Waals surface area (Å²) in [6, 6.07) is 48.5. The molecule has 0 saturated carbocycles. The van der Waals surface area contributed by atoms with Gasteiger partial charge in [-0.15, -0.1) is 0 Å². The zero-order valence-corrected chi connectivity index (χ0v) is 36.0. The lowest BCUT2D eigenvalue weighted by Crippen LogP contribution is -2.12. The van der Waals surface area contributed by atoms with Crippen LogP contribution in [0.3, 0.4) is 0 Å². The van der Waals surface area contributed by atoms with E-state index < -0.39 is 0 Å². The normalized spacial score (nSPS) is 11.7. The lowest BCUT2D eigenvalue weighted by Gasteiger charge is -2.27. The quantitative estimate of drug-likeness (QED) is 0.0994. The first-order valence-electron chi connectivity index (χ1n) is 21.2. The molecular formula is C59H57N. The first kappa shape index (κ1) is 42.6. The third-order valence-electron chi connectivity index (χ3n) is 10.9. The SMILES string of the molecule is C=C/C=C\c1c(C)cc2ccccc2c1N(/C=C\C(=C/C=C)c1cc(C=C)c(/C=C\C)c2ccccc12)c1ccc(Cc2ccccc2-c2ccccc2CC)cc1.CC. The molecule has 0 unspecified atom stereocenters.